The van der Waals surface area contributed by atoms with E-state index in [-0.39, 0.29) is 19.6 Å². The minimum atomic E-state index is -4.24. The number of carbonyl (C=O) groups excluding carboxylic acids is 1. The van der Waals surface area contributed by atoms with E-state index in [1.807, 2.05) is 6.07 Å². The second-order valence-electron chi connectivity index (χ2n) is 9.04. The number of sulfonamides is 1. The van der Waals surface area contributed by atoms with Crippen LogP contribution >= 0.6 is 0 Å². The molecule has 0 bridgehead atoms. The number of carbonyl (C=O) groups is 1. The van der Waals surface area contributed by atoms with Crippen LogP contribution in [0.15, 0.2) is 48.5 Å². The molecule has 2 N–H and O–H groups in total. The average molecular weight is 495 g/mol. The average Bonchev–Trinajstić information content (AvgIpc) is 3.56. The highest BCUT2D eigenvalue weighted by Gasteiger charge is 2.61. The van der Waals surface area contributed by atoms with Crippen LogP contribution in [0.25, 0.3) is 11.1 Å². The monoisotopic (exact) mass is 494 g/mol. The van der Waals surface area contributed by atoms with Crippen LogP contribution in [0.2, 0.25) is 0 Å². The van der Waals surface area contributed by atoms with Gasteiger partial charge in [0.1, 0.15) is 5.82 Å². The summed E-state index contributed by atoms with van der Waals surface area (Å²) in [5.74, 6) is -1.10. The number of amides is 1. The summed E-state index contributed by atoms with van der Waals surface area (Å²) < 4.78 is 60.4. The topological polar surface area (TPSA) is 95.9 Å². The standard InChI is InChI=1S/C24H28F2N2O5S/c1-33-13-20(29)23(30)28-14-24(10-11-24)22(27-34(31,32)15-25)19(28)12-17-8-5-9-18(21(17)26)16-6-3-2-4-7-16/h2-9,19-20,22,27,29H,10-15H2,1H3/t19-,20?,22+/m0/s1. The zero-order valence-electron chi connectivity index (χ0n) is 18.8. The van der Waals surface area contributed by atoms with Crippen molar-refractivity contribution in [3.05, 3.63) is 59.9 Å². The first-order chi connectivity index (χ1) is 16.2. The molecule has 10 heteroatoms. The van der Waals surface area contributed by atoms with Gasteiger partial charge in [-0.25, -0.2) is 21.9 Å². The van der Waals surface area contributed by atoms with Gasteiger partial charge in [0.15, 0.2) is 6.10 Å². The van der Waals surface area contributed by atoms with Crippen LogP contribution < -0.4 is 4.72 Å². The van der Waals surface area contributed by atoms with Gasteiger partial charge in [-0.1, -0.05) is 48.5 Å². The summed E-state index contributed by atoms with van der Waals surface area (Å²) >= 11 is 0. The van der Waals surface area contributed by atoms with Crippen molar-refractivity contribution in [2.24, 2.45) is 5.41 Å². The van der Waals surface area contributed by atoms with Crippen LogP contribution in [0.5, 0.6) is 0 Å². The largest absolute Gasteiger partial charge is 0.381 e. The fraction of sp³-hybridized carbons (Fsp3) is 0.458. The Morgan fingerprint density at radius 3 is 2.56 bits per heavy atom. The molecule has 1 heterocycles. The zero-order valence-corrected chi connectivity index (χ0v) is 19.6. The molecule has 1 amide bonds. The maximum Gasteiger partial charge on any atom is 0.254 e. The molecule has 1 spiro atoms. The third kappa shape index (κ3) is 4.86. The van der Waals surface area contributed by atoms with E-state index in [0.717, 1.165) is 0 Å². The highest BCUT2D eigenvalue weighted by atomic mass is 32.2. The normalized spacial score (nSPS) is 22.2. The summed E-state index contributed by atoms with van der Waals surface area (Å²) in [6, 6.07) is 10.8. The maximum absolute atomic E-state index is 15.6. The van der Waals surface area contributed by atoms with Crippen LogP contribution in [-0.4, -0.2) is 68.8 Å². The number of methoxy groups -OCH3 is 1. The van der Waals surface area contributed by atoms with E-state index < -0.39 is 51.4 Å². The lowest BCUT2D eigenvalue weighted by molar-refractivity contribution is -0.143. The van der Waals surface area contributed by atoms with Crippen molar-refractivity contribution in [1.29, 1.82) is 0 Å². The quantitative estimate of drug-likeness (QED) is 0.558. The molecule has 1 saturated heterocycles. The number of nitrogens with zero attached hydrogens (tertiary/aromatic N) is 1. The Morgan fingerprint density at radius 2 is 1.94 bits per heavy atom. The van der Waals surface area contributed by atoms with Crippen molar-refractivity contribution < 1.29 is 31.8 Å². The molecule has 1 aliphatic carbocycles. The maximum atomic E-state index is 15.6. The van der Waals surface area contributed by atoms with Gasteiger partial charge in [-0.05, 0) is 30.4 Å². The highest BCUT2D eigenvalue weighted by Crippen LogP contribution is 2.55. The minimum Gasteiger partial charge on any atom is -0.381 e. The number of nitrogens with one attached hydrogen (secondary N) is 1. The van der Waals surface area contributed by atoms with Crippen LogP contribution in [0.3, 0.4) is 0 Å². The van der Waals surface area contributed by atoms with Crippen molar-refractivity contribution in [1.82, 2.24) is 9.62 Å². The van der Waals surface area contributed by atoms with Crippen molar-refractivity contribution in [3.63, 3.8) is 0 Å². The lowest BCUT2D eigenvalue weighted by Crippen LogP contribution is -2.52. The Bertz CT molecular complexity index is 1140. The van der Waals surface area contributed by atoms with Gasteiger partial charge >= 0.3 is 0 Å². The minimum absolute atomic E-state index is 0.000822. The molecule has 184 valence electrons. The van der Waals surface area contributed by atoms with Crippen LogP contribution in [0, 0.1) is 11.2 Å². The molecule has 34 heavy (non-hydrogen) atoms. The first-order valence-electron chi connectivity index (χ1n) is 11.1. The first-order valence-corrected chi connectivity index (χ1v) is 12.7. The van der Waals surface area contributed by atoms with E-state index in [0.29, 0.717) is 29.5 Å². The third-order valence-corrected chi connectivity index (χ3v) is 7.66. The Kier molecular flexibility index (Phi) is 7.04. The molecule has 2 fully saturated rings. The summed E-state index contributed by atoms with van der Waals surface area (Å²) in [6.45, 7) is -0.0372. The van der Waals surface area contributed by atoms with Gasteiger partial charge in [-0.15, -0.1) is 0 Å². The second kappa shape index (κ2) is 9.69. The van der Waals surface area contributed by atoms with Gasteiger partial charge in [-0.3, -0.25) is 4.79 Å². The van der Waals surface area contributed by atoms with E-state index in [1.54, 1.807) is 42.5 Å². The van der Waals surface area contributed by atoms with Crippen molar-refractivity contribution in [2.45, 2.75) is 37.5 Å². The van der Waals surface area contributed by atoms with Gasteiger partial charge in [0.2, 0.25) is 16.0 Å². The fourth-order valence-corrected chi connectivity index (χ4v) is 5.75. The molecule has 0 radical (unpaired) electrons. The van der Waals surface area contributed by atoms with Crippen LogP contribution in [0.1, 0.15) is 18.4 Å². The summed E-state index contributed by atoms with van der Waals surface area (Å²) in [7, 11) is -2.89. The Labute approximate surface area is 197 Å². The second-order valence-corrected chi connectivity index (χ2v) is 10.7. The molecular weight excluding hydrogens is 466 g/mol. The molecule has 1 unspecified atom stereocenters. The van der Waals surface area contributed by atoms with Crippen LogP contribution in [-0.2, 0) is 26.0 Å². The molecule has 2 aromatic carbocycles. The van der Waals surface area contributed by atoms with Gasteiger partial charge in [0.25, 0.3) is 5.91 Å². The first kappa shape index (κ1) is 24.7. The van der Waals surface area contributed by atoms with E-state index in [9.17, 15) is 22.7 Å². The number of hydrogen-bond acceptors (Lipinski definition) is 5. The number of rotatable bonds is 9. The number of benzene rings is 2. The number of aliphatic hydroxyl groups is 1. The molecule has 2 aliphatic rings. The van der Waals surface area contributed by atoms with E-state index >= 15 is 4.39 Å². The fourth-order valence-electron chi connectivity index (χ4n) is 4.89. The Morgan fingerprint density at radius 1 is 1.24 bits per heavy atom. The zero-order chi connectivity index (χ0) is 24.5. The number of aliphatic hydroxyl groups excluding tert-OH is 1. The molecule has 4 rings (SSSR count). The molecular formula is C24H28F2N2O5S. The Hall–Kier alpha value is -2.40. The van der Waals surface area contributed by atoms with Gasteiger partial charge in [0.05, 0.1) is 12.6 Å². The highest BCUT2D eigenvalue weighted by molar-refractivity contribution is 7.89. The van der Waals surface area contributed by atoms with E-state index in [1.165, 1.54) is 12.0 Å². The number of hydrogen-bond donors (Lipinski definition) is 2. The van der Waals surface area contributed by atoms with Gasteiger partial charge < -0.3 is 14.7 Å². The Balaban J connectivity index is 1.71. The molecule has 0 aromatic heterocycles. The number of ether oxygens (including phenoxy) is 1. The lowest BCUT2D eigenvalue weighted by Gasteiger charge is -2.30. The third-order valence-electron chi connectivity index (χ3n) is 6.76. The van der Waals surface area contributed by atoms with Crippen molar-refractivity contribution >= 4 is 15.9 Å². The van der Waals surface area contributed by atoms with E-state index in [4.69, 9.17) is 4.74 Å². The summed E-state index contributed by atoms with van der Waals surface area (Å²) in [5.41, 5.74) is 0.802. The predicted octanol–water partition coefficient (Wildman–Crippen LogP) is 2.25. The smallest absolute Gasteiger partial charge is 0.254 e. The lowest BCUT2D eigenvalue weighted by atomic mass is 9.91. The SMILES string of the molecule is COCC(O)C(=O)N1CC2(CC2)[C@H](NS(=O)(=O)CF)[C@@H]1Cc1cccc(-c2ccccc2)c1F. The molecule has 1 aliphatic heterocycles. The summed E-state index contributed by atoms with van der Waals surface area (Å²) in [4.78, 5) is 14.5. The number of likely N-dealkylation sites (tertiary alicyclic amines) is 1. The van der Waals surface area contributed by atoms with Gasteiger partial charge in [-0.2, -0.15) is 0 Å². The summed E-state index contributed by atoms with van der Waals surface area (Å²) in [6.07, 6.45) is -0.168. The predicted molar refractivity (Wildman–Crippen MR) is 122 cm³/mol. The number of alkyl halides is 1. The number of halogens is 2. The van der Waals surface area contributed by atoms with Crippen molar-refractivity contribution in [3.8, 4) is 11.1 Å². The molecule has 7 nitrogen and oxygen atoms in total. The van der Waals surface area contributed by atoms with Crippen molar-refractivity contribution in [2.75, 3.05) is 26.3 Å². The van der Waals surface area contributed by atoms with Gasteiger partial charge in [0, 0.05) is 30.7 Å². The molecule has 2 aromatic rings. The summed E-state index contributed by atoms with van der Waals surface area (Å²) in [5, 5.41) is 10.3. The van der Waals surface area contributed by atoms with Crippen LogP contribution in [0.4, 0.5) is 8.78 Å². The van der Waals surface area contributed by atoms with E-state index in [2.05, 4.69) is 4.72 Å². The molecule has 3 atom stereocenters. The molecule has 1 saturated carbocycles.